The number of nitrogens with two attached hydrogens (primary N) is 1. The number of hydrogen-bond acceptors (Lipinski definition) is 3. The second kappa shape index (κ2) is 3.61. The third kappa shape index (κ3) is 1.36. The van der Waals surface area contributed by atoms with Gasteiger partial charge in [0.15, 0.2) is 5.65 Å². The van der Waals surface area contributed by atoms with Crippen LogP contribution in [-0.4, -0.2) is 14.0 Å². The van der Waals surface area contributed by atoms with E-state index in [9.17, 15) is 0 Å². The first-order chi connectivity index (χ1) is 9.25. The molecule has 4 aromatic rings. The van der Waals surface area contributed by atoms with Crippen molar-refractivity contribution >= 4 is 32.9 Å². The van der Waals surface area contributed by atoms with Crippen molar-refractivity contribution in [3.63, 3.8) is 0 Å². The zero-order valence-corrected chi connectivity index (χ0v) is 11.2. The second-order valence-corrected chi connectivity index (χ2v) is 5.48. The number of thiophene rings is 1. The molecule has 4 nitrogen and oxygen atoms in total. The van der Waals surface area contributed by atoms with Gasteiger partial charge >= 0.3 is 0 Å². The predicted molar refractivity (Wildman–Crippen MR) is 79.4 cm³/mol. The summed E-state index contributed by atoms with van der Waals surface area (Å²) >= 11 is 1.69. The Labute approximate surface area is 113 Å². The van der Waals surface area contributed by atoms with Crippen LogP contribution in [0.4, 0.5) is 5.82 Å². The maximum absolute atomic E-state index is 6.25. The van der Waals surface area contributed by atoms with Crippen LogP contribution in [0.5, 0.6) is 0 Å². The lowest BCUT2D eigenvalue weighted by atomic mass is 10.3. The number of fused-ring (bicyclic) bond motifs is 3. The SMILES string of the molecule is Cn1cccc1-c1nc2c3sccc3ccn2c1N. The number of hydrogen-bond donors (Lipinski definition) is 1. The van der Waals surface area contributed by atoms with E-state index in [0.717, 1.165) is 17.0 Å². The highest BCUT2D eigenvalue weighted by molar-refractivity contribution is 7.18. The third-order valence-electron chi connectivity index (χ3n) is 3.44. The van der Waals surface area contributed by atoms with Crippen molar-refractivity contribution in [1.29, 1.82) is 0 Å². The third-order valence-corrected chi connectivity index (χ3v) is 4.36. The maximum Gasteiger partial charge on any atom is 0.157 e. The topological polar surface area (TPSA) is 48.2 Å². The van der Waals surface area contributed by atoms with Crippen LogP contribution in [0.15, 0.2) is 42.0 Å². The smallest absolute Gasteiger partial charge is 0.157 e. The van der Waals surface area contributed by atoms with Crippen LogP contribution in [-0.2, 0) is 7.05 Å². The van der Waals surface area contributed by atoms with Crippen molar-refractivity contribution in [3.05, 3.63) is 42.0 Å². The Morgan fingerprint density at radius 2 is 2.11 bits per heavy atom. The van der Waals surface area contributed by atoms with Crippen LogP contribution < -0.4 is 5.73 Å². The Bertz CT molecular complexity index is 897. The molecule has 19 heavy (non-hydrogen) atoms. The Morgan fingerprint density at radius 3 is 2.89 bits per heavy atom. The number of nitrogen functional groups attached to an aromatic ring is 1. The van der Waals surface area contributed by atoms with E-state index >= 15 is 0 Å². The van der Waals surface area contributed by atoms with Crippen molar-refractivity contribution < 1.29 is 0 Å². The molecule has 0 spiro atoms. The van der Waals surface area contributed by atoms with Gasteiger partial charge in [-0.2, -0.15) is 0 Å². The van der Waals surface area contributed by atoms with Gasteiger partial charge in [0.1, 0.15) is 11.5 Å². The summed E-state index contributed by atoms with van der Waals surface area (Å²) in [5.41, 5.74) is 9.06. The number of aryl methyl sites for hydroxylation is 1. The van der Waals surface area contributed by atoms with Crippen molar-refractivity contribution in [1.82, 2.24) is 14.0 Å². The van der Waals surface area contributed by atoms with Gasteiger partial charge in [0, 0.05) is 19.4 Å². The summed E-state index contributed by atoms with van der Waals surface area (Å²) < 4.78 is 5.17. The number of rotatable bonds is 1. The molecule has 0 aromatic carbocycles. The van der Waals surface area contributed by atoms with E-state index in [-0.39, 0.29) is 0 Å². The summed E-state index contributed by atoms with van der Waals surface area (Å²) in [5.74, 6) is 0.687. The molecule has 0 aliphatic rings. The van der Waals surface area contributed by atoms with Gasteiger partial charge in [0.2, 0.25) is 0 Å². The van der Waals surface area contributed by atoms with E-state index in [1.807, 2.05) is 40.5 Å². The zero-order valence-electron chi connectivity index (χ0n) is 10.4. The van der Waals surface area contributed by atoms with Crippen molar-refractivity contribution in [2.45, 2.75) is 0 Å². The van der Waals surface area contributed by atoms with Crippen LogP contribution in [0.25, 0.3) is 27.1 Å². The van der Waals surface area contributed by atoms with Gasteiger partial charge in [-0.05, 0) is 35.0 Å². The van der Waals surface area contributed by atoms with Crippen LogP contribution in [0.1, 0.15) is 0 Å². The molecule has 0 radical (unpaired) electrons. The molecule has 0 aliphatic carbocycles. The Hall–Kier alpha value is -2.27. The minimum absolute atomic E-state index is 0.687. The second-order valence-electron chi connectivity index (χ2n) is 4.56. The summed E-state index contributed by atoms with van der Waals surface area (Å²) in [6.45, 7) is 0. The normalized spacial score (nSPS) is 11.6. The van der Waals surface area contributed by atoms with Gasteiger partial charge in [-0.25, -0.2) is 4.98 Å². The molecule has 0 bridgehead atoms. The molecule has 0 aliphatic heterocycles. The van der Waals surface area contributed by atoms with Gasteiger partial charge in [0.25, 0.3) is 0 Å². The van der Waals surface area contributed by atoms with E-state index in [0.29, 0.717) is 5.82 Å². The van der Waals surface area contributed by atoms with E-state index in [1.54, 1.807) is 11.3 Å². The Morgan fingerprint density at radius 1 is 1.21 bits per heavy atom. The highest BCUT2D eigenvalue weighted by atomic mass is 32.1. The van der Waals surface area contributed by atoms with Crippen LogP contribution in [0.3, 0.4) is 0 Å². The molecule has 0 unspecified atom stereocenters. The predicted octanol–water partition coefficient (Wildman–Crippen LogP) is 3.14. The van der Waals surface area contributed by atoms with E-state index < -0.39 is 0 Å². The van der Waals surface area contributed by atoms with Gasteiger partial charge in [-0.1, -0.05) is 0 Å². The quantitative estimate of drug-likeness (QED) is 0.576. The summed E-state index contributed by atoms with van der Waals surface area (Å²) in [4.78, 5) is 4.74. The fraction of sp³-hybridized carbons (Fsp3) is 0.0714. The summed E-state index contributed by atoms with van der Waals surface area (Å²) in [6, 6.07) is 8.21. The molecule has 4 aromatic heterocycles. The first-order valence-electron chi connectivity index (χ1n) is 6.01. The number of nitrogens with zero attached hydrogens (tertiary/aromatic N) is 3. The molecule has 0 saturated heterocycles. The molecule has 0 atom stereocenters. The molecule has 94 valence electrons. The largest absolute Gasteiger partial charge is 0.383 e. The average molecular weight is 268 g/mol. The minimum Gasteiger partial charge on any atom is -0.383 e. The monoisotopic (exact) mass is 268 g/mol. The molecular formula is C14H12N4S. The summed E-state index contributed by atoms with van der Waals surface area (Å²) in [7, 11) is 2.00. The first-order valence-corrected chi connectivity index (χ1v) is 6.89. The lowest BCUT2D eigenvalue weighted by Crippen LogP contribution is -1.96. The number of imidazole rings is 1. The fourth-order valence-corrected chi connectivity index (χ4v) is 3.31. The summed E-state index contributed by atoms with van der Waals surface area (Å²) in [5, 5.41) is 3.29. The lowest BCUT2D eigenvalue weighted by molar-refractivity contribution is 0.933. The summed E-state index contributed by atoms with van der Waals surface area (Å²) in [6.07, 6.45) is 3.98. The minimum atomic E-state index is 0.687. The Balaban J connectivity index is 2.13. The van der Waals surface area contributed by atoms with Crippen molar-refractivity contribution in [3.8, 4) is 11.4 Å². The molecule has 5 heteroatoms. The van der Waals surface area contributed by atoms with E-state index in [4.69, 9.17) is 10.7 Å². The standard InChI is InChI=1S/C14H12N4S/c1-17-6-2-3-10(17)11-13(15)18-7-4-9-5-8-19-12(9)14(18)16-11/h2-8H,15H2,1H3. The van der Waals surface area contributed by atoms with E-state index in [2.05, 4.69) is 17.5 Å². The number of anilines is 1. The molecule has 0 fully saturated rings. The molecule has 4 heterocycles. The van der Waals surface area contributed by atoms with Crippen LogP contribution in [0.2, 0.25) is 0 Å². The average Bonchev–Trinajstić information content (AvgIpc) is 3.08. The van der Waals surface area contributed by atoms with Crippen LogP contribution >= 0.6 is 11.3 Å². The number of aromatic nitrogens is 3. The molecule has 4 rings (SSSR count). The van der Waals surface area contributed by atoms with Crippen molar-refractivity contribution in [2.24, 2.45) is 7.05 Å². The number of pyridine rings is 1. The fourth-order valence-electron chi connectivity index (χ4n) is 2.44. The van der Waals surface area contributed by atoms with Crippen LogP contribution in [0, 0.1) is 0 Å². The zero-order chi connectivity index (χ0) is 13.0. The maximum atomic E-state index is 6.25. The first kappa shape index (κ1) is 10.6. The molecule has 2 N–H and O–H groups in total. The van der Waals surface area contributed by atoms with E-state index in [1.165, 1.54) is 10.1 Å². The molecular weight excluding hydrogens is 256 g/mol. The van der Waals surface area contributed by atoms with Gasteiger partial charge in [0.05, 0.1) is 10.4 Å². The highest BCUT2D eigenvalue weighted by Crippen LogP contribution is 2.31. The van der Waals surface area contributed by atoms with Gasteiger partial charge in [-0.3, -0.25) is 4.40 Å². The molecule has 0 amide bonds. The Kier molecular flexibility index (Phi) is 2.02. The molecule has 0 saturated carbocycles. The lowest BCUT2D eigenvalue weighted by Gasteiger charge is -2.00. The van der Waals surface area contributed by atoms with Gasteiger partial charge < -0.3 is 10.3 Å². The highest BCUT2D eigenvalue weighted by Gasteiger charge is 2.15. The van der Waals surface area contributed by atoms with Crippen molar-refractivity contribution in [2.75, 3.05) is 5.73 Å². The van der Waals surface area contributed by atoms with Gasteiger partial charge in [-0.15, -0.1) is 11.3 Å².